The molecule has 0 aliphatic heterocycles. The highest BCUT2D eigenvalue weighted by molar-refractivity contribution is 5.86. The summed E-state index contributed by atoms with van der Waals surface area (Å²) in [5.41, 5.74) is 14.2. The fraction of sp³-hybridized carbons (Fsp3) is 0.409. The molecule has 0 bridgehead atoms. The largest absolute Gasteiger partial charge is 0.469 e. The van der Waals surface area contributed by atoms with E-state index < -0.39 is 0 Å². The average molecular weight is 1870 g/mol. The van der Waals surface area contributed by atoms with Gasteiger partial charge in [0, 0.05) is 25.7 Å². The molecule has 748 valence electrons. The van der Waals surface area contributed by atoms with Crippen molar-refractivity contribution in [1.29, 1.82) is 0 Å². The van der Waals surface area contributed by atoms with Gasteiger partial charge in [0.2, 0.25) is 0 Å². The van der Waals surface area contributed by atoms with Gasteiger partial charge in [-0.3, -0.25) is 4.79 Å². The van der Waals surface area contributed by atoms with E-state index in [0.717, 1.165) is 50.0 Å². The van der Waals surface area contributed by atoms with Crippen LogP contribution in [0.4, 0.5) is 0 Å². The summed E-state index contributed by atoms with van der Waals surface area (Å²) in [6.07, 6.45) is 78.7. The van der Waals surface area contributed by atoms with Gasteiger partial charge in [0.1, 0.15) is 0 Å². The standard InChI is InChI=1S/C16H18.C16H14.C14H14.C14H12.C10H12O2.C10H10O2.C10H22O.C10H20O.C8H16.C8H12.C8H18.C8H16/c2*1-3-9-15(10-4-1)13-7-8-14-16-11-5-2-6-12-16;2*1-3-7-13(8-4-1)11-12-14-9-5-2-6-10-14;2*1-12-10(11)8-7-9-5-3-2-4-6-9;2*1-9(2)5-4-6-10(3)7-8-11;2*1-2-4-6-8-7-5-3-1;2*1-3-5-7-8-6-4-2/h1-6,9-12H,7-8,13-14H2;1-14H;1-10H,11-12H2;1-12H;2-6H,7-8H2,1H3;2-8H,1H3;9-11H,4-8H2,1-3H3;5,10-11H,4,6-8H2,1-3H3;1-8H2;1-2,7-8H,3-6H2;3-8H2,1-2H3;3,5H,4,6-8H2,1-2H3/b;13-7+,14-8+;;12-11+;;8-7+;;;;2-1-,8-7?;;5-3+. The minimum atomic E-state index is -0.334. The maximum atomic E-state index is 10.8. The molecule has 1 fully saturated rings. The highest BCUT2D eigenvalue weighted by Crippen LogP contribution is 2.19. The van der Waals surface area contributed by atoms with E-state index in [1.54, 1.807) is 6.08 Å². The van der Waals surface area contributed by atoms with E-state index in [2.05, 4.69) is 328 Å². The maximum Gasteiger partial charge on any atom is 0.330 e. The highest BCUT2D eigenvalue weighted by atomic mass is 16.5. The highest BCUT2D eigenvalue weighted by Gasteiger charge is 2.05. The van der Waals surface area contributed by atoms with Gasteiger partial charge in [-0.1, -0.05) is 558 Å². The number of aliphatic hydroxyl groups is 2. The lowest BCUT2D eigenvalue weighted by molar-refractivity contribution is -0.140. The fourth-order valence-electron chi connectivity index (χ4n) is 14.2. The van der Waals surface area contributed by atoms with E-state index in [9.17, 15) is 9.59 Å². The van der Waals surface area contributed by atoms with Crippen molar-refractivity contribution in [3.05, 3.63) is 425 Å². The van der Waals surface area contributed by atoms with Crippen LogP contribution in [-0.4, -0.2) is 49.6 Å². The summed E-state index contributed by atoms with van der Waals surface area (Å²) in [4.78, 5) is 21.4. The predicted octanol–water partition coefficient (Wildman–Crippen LogP) is 37.5. The first kappa shape index (κ1) is 125. The molecule has 0 amide bonds. The van der Waals surface area contributed by atoms with Crippen LogP contribution in [0.5, 0.6) is 0 Å². The van der Waals surface area contributed by atoms with Gasteiger partial charge in [0.25, 0.3) is 0 Å². The van der Waals surface area contributed by atoms with Gasteiger partial charge in [-0.15, -0.1) is 0 Å². The van der Waals surface area contributed by atoms with Gasteiger partial charge < -0.3 is 19.7 Å². The molecule has 1 saturated carbocycles. The number of carbonyl (C=O) groups excluding carboxylic acids is 2. The number of benzene rings is 10. The number of hydrogen-bond donors (Lipinski definition) is 2. The lowest BCUT2D eigenvalue weighted by atomic mass is 9.98. The van der Waals surface area contributed by atoms with Gasteiger partial charge in [-0.2, -0.15) is 0 Å². The van der Waals surface area contributed by atoms with Gasteiger partial charge >= 0.3 is 11.9 Å². The number of methoxy groups -OCH3 is 2. The zero-order valence-electron chi connectivity index (χ0n) is 87.9. The van der Waals surface area contributed by atoms with Crippen LogP contribution < -0.4 is 0 Å². The third kappa shape index (κ3) is 84.3. The van der Waals surface area contributed by atoms with Crippen LogP contribution in [0.1, 0.15) is 330 Å². The number of ether oxygens (including phenoxy) is 2. The van der Waals surface area contributed by atoms with Crippen molar-refractivity contribution in [1.82, 2.24) is 0 Å². The molecule has 2 aliphatic rings. The number of unbranched alkanes of at least 4 members (excludes halogenated alkanes) is 9. The second-order valence-electron chi connectivity index (χ2n) is 36.0. The Labute approximate surface area is 843 Å². The van der Waals surface area contributed by atoms with Gasteiger partial charge in [0.05, 0.1) is 14.2 Å². The number of carbonyl (C=O) groups is 2. The van der Waals surface area contributed by atoms with Crippen LogP contribution in [0.3, 0.4) is 0 Å². The molecule has 6 heteroatoms. The molecule has 10 aromatic rings. The fourth-order valence-corrected chi connectivity index (χ4v) is 14.2. The third-order valence-electron chi connectivity index (χ3n) is 22.6. The smallest absolute Gasteiger partial charge is 0.330 e. The van der Waals surface area contributed by atoms with E-state index in [1.807, 2.05) is 133 Å². The summed E-state index contributed by atoms with van der Waals surface area (Å²) in [6.45, 7) is 22.7. The zero-order valence-corrected chi connectivity index (χ0v) is 87.9. The zero-order chi connectivity index (χ0) is 100. The molecule has 12 rings (SSSR count). The topological polar surface area (TPSA) is 93.1 Å². The summed E-state index contributed by atoms with van der Waals surface area (Å²) in [5.74, 6) is 1.71. The Hall–Kier alpha value is -11.0. The van der Waals surface area contributed by atoms with Crippen molar-refractivity contribution < 1.29 is 29.3 Å². The van der Waals surface area contributed by atoms with Crippen LogP contribution in [0.2, 0.25) is 0 Å². The number of rotatable bonds is 38. The Morgan fingerprint density at radius 2 is 0.616 bits per heavy atom. The minimum Gasteiger partial charge on any atom is -0.469 e. The molecule has 2 unspecified atom stereocenters. The van der Waals surface area contributed by atoms with Crippen molar-refractivity contribution in [2.45, 2.75) is 307 Å². The molecular weight excluding hydrogens is 1680 g/mol. The molecule has 2 atom stereocenters. The Balaban J connectivity index is 0.000000759. The summed E-state index contributed by atoms with van der Waals surface area (Å²) in [5, 5.41) is 17.3. The van der Waals surface area contributed by atoms with E-state index >= 15 is 0 Å². The van der Waals surface area contributed by atoms with Crippen LogP contribution in [0, 0.1) is 17.8 Å². The first-order valence-electron chi connectivity index (χ1n) is 52.7. The third-order valence-corrected chi connectivity index (χ3v) is 22.6. The predicted molar refractivity (Wildman–Crippen MR) is 608 cm³/mol. The van der Waals surface area contributed by atoms with Crippen LogP contribution in [0.15, 0.2) is 370 Å². The Morgan fingerprint density at radius 1 is 0.319 bits per heavy atom. The van der Waals surface area contributed by atoms with Gasteiger partial charge in [-0.25, -0.2) is 4.79 Å². The van der Waals surface area contributed by atoms with Crippen molar-refractivity contribution in [3.63, 3.8) is 0 Å². The molecule has 2 N–H and O–H groups in total. The van der Waals surface area contributed by atoms with Crippen molar-refractivity contribution >= 4 is 42.3 Å². The maximum absolute atomic E-state index is 10.8. The number of aliphatic hydroxyl groups excluding tert-OH is 2. The average Bonchev–Trinajstić information content (AvgIpc) is 0.941. The molecule has 10 aromatic carbocycles. The molecule has 0 spiro atoms. The van der Waals surface area contributed by atoms with Gasteiger partial charge in [-0.05, 0) is 209 Å². The molecule has 138 heavy (non-hydrogen) atoms. The summed E-state index contributed by atoms with van der Waals surface area (Å²) < 4.78 is 8.98. The SMILES string of the molecule is C(/C=C/c1ccccc1)=C\c1ccccc1.C(=C\c1ccccc1)/c1ccccc1.C/C=C/CCCCC.C1=CCC/C=C\CC1.C1CCCCCCC1.CC(C)=CCCC(C)CCO.CC(C)CCCC(C)CCO.CCCCCCCC.COC(=O)/C=C/c1ccccc1.COC(=O)CCc1ccccc1.c1ccc(CCCCc2ccccc2)cc1.c1ccc(CCc2ccccc2)cc1. The molecule has 0 aromatic heterocycles. The molecule has 0 saturated heterocycles. The van der Waals surface area contributed by atoms with Gasteiger partial charge in [0.15, 0.2) is 0 Å². The first-order chi connectivity index (χ1) is 67.6. The molecule has 0 radical (unpaired) electrons. The second kappa shape index (κ2) is 96.3. The molecule has 6 nitrogen and oxygen atoms in total. The molecular formula is C132H184O6. The monoisotopic (exact) mass is 1870 g/mol. The Kier molecular flexibility index (Phi) is 87.2. The summed E-state index contributed by atoms with van der Waals surface area (Å²) in [7, 11) is 2.77. The van der Waals surface area contributed by atoms with E-state index in [-0.39, 0.29) is 11.9 Å². The summed E-state index contributed by atoms with van der Waals surface area (Å²) >= 11 is 0. The van der Waals surface area contributed by atoms with Crippen LogP contribution >= 0.6 is 0 Å². The number of esters is 2. The second-order valence-corrected chi connectivity index (χ2v) is 36.0. The Bertz CT molecular complexity index is 4270. The quantitative estimate of drug-likeness (QED) is 0.0100. The van der Waals surface area contributed by atoms with Crippen molar-refractivity contribution in [2.24, 2.45) is 17.8 Å². The van der Waals surface area contributed by atoms with Crippen molar-refractivity contribution in [3.8, 4) is 0 Å². The van der Waals surface area contributed by atoms with Crippen LogP contribution in [0.25, 0.3) is 30.4 Å². The normalized spacial score (nSPS) is 12.4. The molecule has 0 heterocycles. The first-order valence-corrected chi connectivity index (χ1v) is 52.7. The number of allylic oxidation sites excluding steroid dienone is 10. The van der Waals surface area contributed by atoms with E-state index in [1.165, 1.54) is 269 Å². The number of aryl methyl sites for hydroxylation is 5. The lowest BCUT2D eigenvalue weighted by Gasteiger charge is -2.09. The minimum absolute atomic E-state index is 0.154. The van der Waals surface area contributed by atoms with Crippen LogP contribution in [-0.2, 0) is 51.2 Å². The Morgan fingerprint density at radius 3 is 0.913 bits per heavy atom. The number of hydrogen-bond acceptors (Lipinski definition) is 6. The molecule has 2 aliphatic carbocycles. The lowest BCUT2D eigenvalue weighted by Crippen LogP contribution is -2.01. The summed E-state index contributed by atoms with van der Waals surface area (Å²) in [6, 6.07) is 103. The van der Waals surface area contributed by atoms with E-state index in [4.69, 9.17) is 10.2 Å². The van der Waals surface area contributed by atoms with E-state index in [0.29, 0.717) is 31.5 Å². The van der Waals surface area contributed by atoms with Crippen molar-refractivity contribution in [2.75, 3.05) is 27.4 Å².